The molecular weight excluding hydrogens is 302 g/mol. The standard InChI is InChI=1S/C19H25N3O2/c1-3-5-14-21(16-10-8-7-9-11-16)19(24)17-12-13-18(23)22(20-17)15-6-4-2/h7-13H,3-6,14-15H2,1-2H3. The van der Waals surface area contributed by atoms with Crippen molar-refractivity contribution in [2.24, 2.45) is 0 Å². The number of amides is 1. The van der Waals surface area contributed by atoms with Gasteiger partial charge in [0.25, 0.3) is 11.5 Å². The van der Waals surface area contributed by atoms with Crippen molar-refractivity contribution < 1.29 is 4.79 Å². The largest absolute Gasteiger partial charge is 0.307 e. The first-order chi connectivity index (χ1) is 11.7. The van der Waals surface area contributed by atoms with Gasteiger partial charge in [-0.2, -0.15) is 5.10 Å². The Labute approximate surface area is 142 Å². The maximum Gasteiger partial charge on any atom is 0.278 e. The zero-order valence-electron chi connectivity index (χ0n) is 14.4. The molecule has 24 heavy (non-hydrogen) atoms. The lowest BCUT2D eigenvalue weighted by Crippen LogP contribution is -2.34. The van der Waals surface area contributed by atoms with Crippen molar-refractivity contribution >= 4 is 11.6 Å². The van der Waals surface area contributed by atoms with Gasteiger partial charge in [-0.25, -0.2) is 4.68 Å². The number of carbonyl (C=O) groups is 1. The van der Waals surface area contributed by atoms with E-state index in [-0.39, 0.29) is 11.5 Å². The van der Waals surface area contributed by atoms with E-state index in [0.717, 1.165) is 31.4 Å². The molecule has 0 fully saturated rings. The average molecular weight is 327 g/mol. The molecule has 0 aliphatic heterocycles. The van der Waals surface area contributed by atoms with Gasteiger partial charge in [-0.15, -0.1) is 0 Å². The van der Waals surface area contributed by atoms with Gasteiger partial charge in [0.05, 0.1) is 0 Å². The summed E-state index contributed by atoms with van der Waals surface area (Å²) in [6, 6.07) is 12.5. The third kappa shape index (κ3) is 4.54. The van der Waals surface area contributed by atoms with Crippen LogP contribution in [0.15, 0.2) is 47.3 Å². The van der Waals surface area contributed by atoms with Gasteiger partial charge in [0.2, 0.25) is 0 Å². The van der Waals surface area contributed by atoms with Crippen LogP contribution in [-0.2, 0) is 6.54 Å². The van der Waals surface area contributed by atoms with Crippen LogP contribution in [0, 0.1) is 0 Å². The van der Waals surface area contributed by atoms with Crippen LogP contribution in [-0.4, -0.2) is 22.2 Å². The molecule has 128 valence electrons. The number of hydrogen-bond acceptors (Lipinski definition) is 3. The smallest absolute Gasteiger partial charge is 0.278 e. The monoisotopic (exact) mass is 327 g/mol. The number of carbonyl (C=O) groups excluding carboxylic acids is 1. The number of nitrogens with zero attached hydrogens (tertiary/aromatic N) is 3. The quantitative estimate of drug-likeness (QED) is 0.746. The lowest BCUT2D eigenvalue weighted by atomic mass is 10.2. The summed E-state index contributed by atoms with van der Waals surface area (Å²) >= 11 is 0. The molecule has 0 saturated carbocycles. The number of rotatable bonds is 8. The van der Waals surface area contributed by atoms with Crippen molar-refractivity contribution in [1.29, 1.82) is 0 Å². The van der Waals surface area contributed by atoms with Gasteiger partial charge < -0.3 is 4.90 Å². The lowest BCUT2D eigenvalue weighted by molar-refractivity contribution is 0.0979. The van der Waals surface area contributed by atoms with Crippen LogP contribution in [0.5, 0.6) is 0 Å². The van der Waals surface area contributed by atoms with Crippen LogP contribution in [0.4, 0.5) is 5.69 Å². The Morgan fingerprint density at radius 3 is 2.42 bits per heavy atom. The molecule has 5 heteroatoms. The van der Waals surface area contributed by atoms with E-state index in [9.17, 15) is 9.59 Å². The van der Waals surface area contributed by atoms with E-state index >= 15 is 0 Å². The molecule has 0 N–H and O–H groups in total. The summed E-state index contributed by atoms with van der Waals surface area (Å²) in [6.07, 6.45) is 3.75. The van der Waals surface area contributed by atoms with Crippen molar-refractivity contribution in [3.63, 3.8) is 0 Å². The van der Waals surface area contributed by atoms with Crippen molar-refractivity contribution in [2.75, 3.05) is 11.4 Å². The first kappa shape index (κ1) is 17.9. The first-order valence-corrected chi connectivity index (χ1v) is 8.62. The van der Waals surface area contributed by atoms with Crippen LogP contribution in [0.2, 0.25) is 0 Å². The second-order valence-electron chi connectivity index (χ2n) is 5.78. The van der Waals surface area contributed by atoms with E-state index in [1.165, 1.54) is 16.8 Å². The first-order valence-electron chi connectivity index (χ1n) is 8.62. The summed E-state index contributed by atoms with van der Waals surface area (Å²) in [5.74, 6) is -0.167. The number of para-hydroxylation sites is 1. The molecular formula is C19H25N3O2. The molecule has 1 amide bonds. The Bertz CT molecular complexity index is 710. The maximum absolute atomic E-state index is 12.9. The molecule has 2 aromatic rings. The average Bonchev–Trinajstić information content (AvgIpc) is 2.62. The zero-order valence-corrected chi connectivity index (χ0v) is 14.4. The molecule has 2 rings (SSSR count). The van der Waals surface area contributed by atoms with Crippen LogP contribution in [0.1, 0.15) is 50.0 Å². The highest BCUT2D eigenvalue weighted by molar-refractivity contribution is 6.04. The van der Waals surface area contributed by atoms with Crippen LogP contribution >= 0.6 is 0 Å². The fraction of sp³-hybridized carbons (Fsp3) is 0.421. The van der Waals surface area contributed by atoms with Crippen molar-refractivity contribution in [2.45, 2.75) is 46.1 Å². The minimum Gasteiger partial charge on any atom is -0.307 e. The normalized spacial score (nSPS) is 10.6. The van der Waals surface area contributed by atoms with Gasteiger partial charge in [0.15, 0.2) is 0 Å². The molecule has 1 aromatic carbocycles. The molecule has 0 radical (unpaired) electrons. The minimum absolute atomic E-state index is 0.167. The van der Waals surface area contributed by atoms with Gasteiger partial charge in [-0.05, 0) is 31.0 Å². The molecule has 1 heterocycles. The molecule has 0 bridgehead atoms. The van der Waals surface area contributed by atoms with Crippen LogP contribution < -0.4 is 10.5 Å². The summed E-state index contributed by atoms with van der Waals surface area (Å²) in [4.78, 5) is 26.6. The highest BCUT2D eigenvalue weighted by atomic mass is 16.2. The molecule has 0 saturated heterocycles. The topological polar surface area (TPSA) is 55.2 Å². The lowest BCUT2D eigenvalue weighted by Gasteiger charge is -2.22. The third-order valence-electron chi connectivity index (χ3n) is 3.86. The Balaban J connectivity index is 2.30. The van der Waals surface area contributed by atoms with Gasteiger partial charge in [0.1, 0.15) is 5.69 Å². The minimum atomic E-state index is -0.167. The summed E-state index contributed by atoms with van der Waals surface area (Å²) in [7, 11) is 0. The predicted molar refractivity (Wildman–Crippen MR) is 96.4 cm³/mol. The Morgan fingerprint density at radius 2 is 1.75 bits per heavy atom. The van der Waals surface area contributed by atoms with Crippen LogP contribution in [0.3, 0.4) is 0 Å². The number of aryl methyl sites for hydroxylation is 1. The predicted octanol–water partition coefficient (Wildman–Crippen LogP) is 3.49. The molecule has 0 atom stereocenters. The van der Waals surface area contributed by atoms with E-state index in [2.05, 4.69) is 18.9 Å². The highest BCUT2D eigenvalue weighted by Gasteiger charge is 2.19. The van der Waals surface area contributed by atoms with E-state index in [0.29, 0.717) is 18.8 Å². The number of unbranched alkanes of at least 4 members (excludes halogenated alkanes) is 2. The molecule has 1 aromatic heterocycles. The van der Waals surface area contributed by atoms with E-state index in [1.54, 1.807) is 4.90 Å². The van der Waals surface area contributed by atoms with Crippen molar-refractivity contribution in [3.05, 3.63) is 58.5 Å². The number of anilines is 1. The van der Waals surface area contributed by atoms with E-state index in [4.69, 9.17) is 0 Å². The van der Waals surface area contributed by atoms with Gasteiger partial charge in [-0.3, -0.25) is 9.59 Å². The number of benzene rings is 1. The Hall–Kier alpha value is -2.43. The zero-order chi connectivity index (χ0) is 17.4. The Kier molecular flexibility index (Phi) is 6.73. The van der Waals surface area contributed by atoms with E-state index in [1.807, 2.05) is 30.3 Å². The summed E-state index contributed by atoms with van der Waals surface area (Å²) in [5.41, 5.74) is 0.995. The number of aromatic nitrogens is 2. The summed E-state index contributed by atoms with van der Waals surface area (Å²) < 4.78 is 1.39. The number of hydrogen-bond donors (Lipinski definition) is 0. The molecule has 0 spiro atoms. The molecule has 5 nitrogen and oxygen atoms in total. The third-order valence-corrected chi connectivity index (χ3v) is 3.86. The van der Waals surface area contributed by atoms with Gasteiger partial charge >= 0.3 is 0 Å². The van der Waals surface area contributed by atoms with Crippen molar-refractivity contribution in [1.82, 2.24) is 9.78 Å². The molecule has 0 aliphatic rings. The maximum atomic E-state index is 12.9. The molecule has 0 aliphatic carbocycles. The van der Waals surface area contributed by atoms with Gasteiger partial charge in [-0.1, -0.05) is 44.9 Å². The molecule has 0 unspecified atom stereocenters. The summed E-state index contributed by atoms with van der Waals surface area (Å²) in [6.45, 7) is 5.32. The van der Waals surface area contributed by atoms with Crippen molar-refractivity contribution in [3.8, 4) is 0 Å². The Morgan fingerprint density at radius 1 is 1.04 bits per heavy atom. The van der Waals surface area contributed by atoms with E-state index < -0.39 is 0 Å². The summed E-state index contributed by atoms with van der Waals surface area (Å²) in [5, 5.41) is 4.28. The highest BCUT2D eigenvalue weighted by Crippen LogP contribution is 2.16. The second kappa shape index (κ2) is 9.01. The SMILES string of the molecule is CCCCN(C(=O)c1ccc(=O)n(CCCC)n1)c1ccccc1. The van der Waals surface area contributed by atoms with Crippen LogP contribution in [0.25, 0.3) is 0 Å². The fourth-order valence-corrected chi connectivity index (χ4v) is 2.44. The fourth-order valence-electron chi connectivity index (χ4n) is 2.44. The van der Waals surface area contributed by atoms with Gasteiger partial charge in [0, 0.05) is 24.8 Å². The second-order valence-corrected chi connectivity index (χ2v) is 5.78.